The summed E-state index contributed by atoms with van der Waals surface area (Å²) in [5.41, 5.74) is 0. The fourth-order valence-corrected chi connectivity index (χ4v) is 2.05. The number of hydrogen-bond acceptors (Lipinski definition) is 3. The van der Waals surface area contributed by atoms with Crippen LogP contribution in [0.2, 0.25) is 18.1 Å². The molecule has 0 saturated heterocycles. The molecular formula is C11H21Cl3O3Si. The summed E-state index contributed by atoms with van der Waals surface area (Å²) in [4.78, 5) is 11.4. The lowest BCUT2D eigenvalue weighted by atomic mass is 10.2. The average Bonchev–Trinajstić information content (AvgIpc) is 2.11. The lowest BCUT2D eigenvalue weighted by Gasteiger charge is -2.36. The van der Waals surface area contributed by atoms with Crippen molar-refractivity contribution >= 4 is 49.1 Å². The van der Waals surface area contributed by atoms with Crippen LogP contribution in [0.25, 0.3) is 0 Å². The lowest BCUT2D eigenvalue weighted by molar-refractivity contribution is -0.144. The Kier molecular flexibility index (Phi) is 6.99. The summed E-state index contributed by atoms with van der Waals surface area (Å²) in [5.74, 6) is -0.417. The Morgan fingerprint density at radius 3 is 2.06 bits per heavy atom. The minimum Gasteiger partial charge on any atom is -0.461 e. The van der Waals surface area contributed by atoms with Crippen molar-refractivity contribution in [3.05, 3.63) is 0 Å². The van der Waals surface area contributed by atoms with Gasteiger partial charge in [-0.05, 0) is 18.1 Å². The smallest absolute Gasteiger partial charge is 0.308 e. The van der Waals surface area contributed by atoms with E-state index < -0.39 is 18.1 Å². The predicted octanol–water partition coefficient (Wildman–Crippen LogP) is 4.31. The van der Waals surface area contributed by atoms with Gasteiger partial charge in [-0.1, -0.05) is 55.6 Å². The van der Waals surface area contributed by atoms with Crippen molar-refractivity contribution in [3.8, 4) is 0 Å². The second kappa shape index (κ2) is 6.80. The Labute approximate surface area is 125 Å². The molecule has 0 aromatic heterocycles. The second-order valence-electron chi connectivity index (χ2n) is 5.63. The third-order valence-electron chi connectivity index (χ3n) is 2.97. The summed E-state index contributed by atoms with van der Waals surface area (Å²) in [6.07, 6.45) is 0.174. The number of esters is 1. The van der Waals surface area contributed by atoms with Gasteiger partial charge in [0.15, 0.2) is 8.32 Å². The van der Waals surface area contributed by atoms with Gasteiger partial charge >= 0.3 is 5.97 Å². The number of halogens is 3. The van der Waals surface area contributed by atoms with E-state index >= 15 is 0 Å². The highest BCUT2D eigenvalue weighted by Crippen LogP contribution is 2.36. The average molecular weight is 336 g/mol. The number of hydrogen-bond donors (Lipinski definition) is 0. The maximum atomic E-state index is 11.4. The van der Waals surface area contributed by atoms with Crippen molar-refractivity contribution in [2.24, 2.45) is 0 Å². The number of rotatable bonds is 5. The van der Waals surface area contributed by atoms with Gasteiger partial charge in [-0.2, -0.15) is 0 Å². The van der Waals surface area contributed by atoms with Crippen LogP contribution < -0.4 is 0 Å². The maximum absolute atomic E-state index is 11.4. The van der Waals surface area contributed by atoms with E-state index in [0.29, 0.717) is 6.61 Å². The van der Waals surface area contributed by atoms with E-state index in [1.165, 1.54) is 0 Å². The molecular weight excluding hydrogens is 315 g/mol. The third-order valence-corrected chi connectivity index (χ3v) is 7.84. The molecule has 0 aliphatic heterocycles. The van der Waals surface area contributed by atoms with E-state index in [0.717, 1.165) is 0 Å². The van der Waals surface area contributed by atoms with Gasteiger partial charge in [0.2, 0.25) is 3.79 Å². The van der Waals surface area contributed by atoms with Gasteiger partial charge in [0, 0.05) is 6.61 Å². The van der Waals surface area contributed by atoms with Crippen molar-refractivity contribution in [2.75, 3.05) is 13.2 Å². The molecule has 0 aromatic rings. The fraction of sp³-hybridized carbons (Fsp3) is 0.909. The molecule has 0 atom stereocenters. The van der Waals surface area contributed by atoms with Crippen LogP contribution >= 0.6 is 34.8 Å². The Morgan fingerprint density at radius 2 is 1.67 bits per heavy atom. The van der Waals surface area contributed by atoms with Crippen molar-refractivity contribution < 1.29 is 14.0 Å². The molecule has 0 spiro atoms. The summed E-state index contributed by atoms with van der Waals surface area (Å²) in [7, 11) is -1.82. The molecule has 18 heavy (non-hydrogen) atoms. The van der Waals surface area contributed by atoms with Crippen LogP contribution in [0.1, 0.15) is 27.2 Å². The predicted molar refractivity (Wildman–Crippen MR) is 79.0 cm³/mol. The first-order chi connectivity index (χ1) is 7.85. The SMILES string of the molecule is CC(C)(C)[Si](C)(C)OCCC(=O)OCC(Cl)(Cl)Cl. The van der Waals surface area contributed by atoms with Crippen LogP contribution in [0.5, 0.6) is 0 Å². The molecule has 0 N–H and O–H groups in total. The van der Waals surface area contributed by atoms with Gasteiger partial charge < -0.3 is 9.16 Å². The van der Waals surface area contributed by atoms with Gasteiger partial charge in [0.05, 0.1) is 6.42 Å². The normalized spacial score (nSPS) is 13.6. The highest BCUT2D eigenvalue weighted by Gasteiger charge is 2.37. The monoisotopic (exact) mass is 334 g/mol. The molecule has 0 fully saturated rings. The molecule has 0 heterocycles. The first-order valence-electron chi connectivity index (χ1n) is 5.71. The molecule has 0 unspecified atom stereocenters. The van der Waals surface area contributed by atoms with E-state index in [2.05, 4.69) is 33.9 Å². The molecule has 0 aliphatic rings. The summed E-state index contributed by atoms with van der Waals surface area (Å²) in [6, 6.07) is 0. The zero-order valence-corrected chi connectivity index (χ0v) is 14.7. The number of carbonyl (C=O) groups excluding carboxylic acids is 1. The van der Waals surface area contributed by atoms with Crippen LogP contribution in [0.3, 0.4) is 0 Å². The number of carbonyl (C=O) groups is 1. The Morgan fingerprint density at radius 1 is 1.17 bits per heavy atom. The molecule has 0 radical (unpaired) electrons. The van der Waals surface area contributed by atoms with Crippen LogP contribution in [-0.4, -0.2) is 31.3 Å². The van der Waals surface area contributed by atoms with E-state index in [1.807, 2.05) is 0 Å². The van der Waals surface area contributed by atoms with Crippen molar-refractivity contribution in [3.63, 3.8) is 0 Å². The van der Waals surface area contributed by atoms with Gasteiger partial charge in [-0.3, -0.25) is 4.79 Å². The van der Waals surface area contributed by atoms with E-state index in [4.69, 9.17) is 44.0 Å². The van der Waals surface area contributed by atoms with Crippen LogP contribution in [0, 0.1) is 0 Å². The summed E-state index contributed by atoms with van der Waals surface area (Å²) >= 11 is 16.4. The third kappa shape index (κ3) is 7.84. The summed E-state index contributed by atoms with van der Waals surface area (Å²) in [5, 5.41) is 0.120. The van der Waals surface area contributed by atoms with E-state index in [1.54, 1.807) is 0 Å². The van der Waals surface area contributed by atoms with Gasteiger partial charge in [0.25, 0.3) is 0 Å². The minimum atomic E-state index is -1.82. The highest BCUT2D eigenvalue weighted by molar-refractivity contribution is 6.74. The summed E-state index contributed by atoms with van der Waals surface area (Å²) < 4.78 is 9.08. The molecule has 0 aromatic carbocycles. The molecule has 108 valence electrons. The van der Waals surface area contributed by atoms with Crippen LogP contribution in [-0.2, 0) is 14.0 Å². The molecule has 3 nitrogen and oxygen atoms in total. The maximum Gasteiger partial charge on any atom is 0.308 e. The molecule has 0 amide bonds. The zero-order chi connectivity index (χ0) is 14.6. The summed E-state index contributed by atoms with van der Waals surface area (Å²) in [6.45, 7) is 10.8. The number of alkyl halides is 3. The van der Waals surface area contributed by atoms with Crippen LogP contribution in [0.4, 0.5) is 0 Å². The van der Waals surface area contributed by atoms with E-state index in [-0.39, 0.29) is 18.1 Å². The highest BCUT2D eigenvalue weighted by atomic mass is 35.6. The minimum absolute atomic E-state index is 0.120. The molecule has 0 saturated carbocycles. The first-order valence-corrected chi connectivity index (χ1v) is 9.76. The molecule has 0 aliphatic carbocycles. The van der Waals surface area contributed by atoms with Gasteiger partial charge in [-0.15, -0.1) is 0 Å². The lowest BCUT2D eigenvalue weighted by Crippen LogP contribution is -2.41. The topological polar surface area (TPSA) is 35.5 Å². The largest absolute Gasteiger partial charge is 0.461 e. The van der Waals surface area contributed by atoms with Gasteiger partial charge in [0.1, 0.15) is 6.61 Å². The first kappa shape index (κ1) is 18.5. The fourth-order valence-electron chi connectivity index (χ4n) is 0.841. The Bertz CT molecular complexity index is 282. The quantitative estimate of drug-likeness (QED) is 0.426. The van der Waals surface area contributed by atoms with Crippen molar-refractivity contribution in [2.45, 2.75) is 49.1 Å². The van der Waals surface area contributed by atoms with Crippen molar-refractivity contribution in [1.29, 1.82) is 0 Å². The van der Waals surface area contributed by atoms with Gasteiger partial charge in [-0.25, -0.2) is 0 Å². The second-order valence-corrected chi connectivity index (χ2v) is 13.0. The Balaban J connectivity index is 3.96. The van der Waals surface area contributed by atoms with E-state index in [9.17, 15) is 4.79 Å². The van der Waals surface area contributed by atoms with Crippen LogP contribution in [0.15, 0.2) is 0 Å². The Hall–Kier alpha value is 0.517. The molecule has 0 rings (SSSR count). The standard InChI is InChI=1S/C11H21Cl3O3Si/c1-10(2,3)18(4,5)17-7-6-9(15)16-8-11(12,13)14/h6-8H2,1-5H3. The molecule has 7 heteroatoms. The molecule has 0 bridgehead atoms. The number of ether oxygens (including phenoxy) is 1. The van der Waals surface area contributed by atoms with Crippen molar-refractivity contribution in [1.82, 2.24) is 0 Å². The zero-order valence-electron chi connectivity index (χ0n) is 11.5.